The molecule has 0 saturated carbocycles. The summed E-state index contributed by atoms with van der Waals surface area (Å²) in [5.74, 6) is -0.745. The van der Waals surface area contributed by atoms with Gasteiger partial charge in [0.2, 0.25) is 0 Å². The average Bonchev–Trinajstić information content (AvgIpc) is 2.44. The van der Waals surface area contributed by atoms with Gasteiger partial charge in [-0.1, -0.05) is 11.6 Å². The van der Waals surface area contributed by atoms with Crippen molar-refractivity contribution in [1.82, 2.24) is 9.78 Å². The van der Waals surface area contributed by atoms with Gasteiger partial charge in [0, 0.05) is 6.07 Å². The fourth-order valence-electron chi connectivity index (χ4n) is 0.924. The Labute approximate surface area is 83.4 Å². The molecule has 0 spiro atoms. The molecule has 0 aliphatic carbocycles. The topological polar surface area (TPSA) is 44.1 Å². The van der Waals surface area contributed by atoms with Crippen LogP contribution >= 0.6 is 11.6 Å². The number of aromatic nitrogens is 2. The lowest BCUT2D eigenvalue weighted by Gasteiger charge is -2.03. The number of esters is 1. The first kappa shape index (κ1) is 10.9. The number of ether oxygens (including phenoxy) is 1. The first-order chi connectivity index (χ1) is 6.54. The van der Waals surface area contributed by atoms with Gasteiger partial charge in [-0.05, 0) is 0 Å². The maximum Gasteiger partial charge on any atom is 0.356 e. The monoisotopic (exact) mass is 224 g/mol. The molecular weight excluding hydrogens is 218 g/mol. The number of rotatable bonds is 3. The van der Waals surface area contributed by atoms with E-state index in [2.05, 4.69) is 9.84 Å². The highest BCUT2D eigenvalue weighted by molar-refractivity contribution is 6.29. The van der Waals surface area contributed by atoms with Crippen molar-refractivity contribution >= 4 is 17.6 Å². The van der Waals surface area contributed by atoms with Gasteiger partial charge in [-0.2, -0.15) is 5.10 Å². The zero-order valence-electron chi connectivity index (χ0n) is 7.21. The van der Waals surface area contributed by atoms with Crippen LogP contribution in [-0.2, 0) is 11.3 Å². The summed E-state index contributed by atoms with van der Waals surface area (Å²) in [4.78, 5) is 11.0. The van der Waals surface area contributed by atoms with Gasteiger partial charge < -0.3 is 4.74 Å². The summed E-state index contributed by atoms with van der Waals surface area (Å²) >= 11 is 5.47. The Bertz CT molecular complexity index is 340. The normalized spacial score (nSPS) is 10.6. The Morgan fingerprint density at radius 1 is 1.79 bits per heavy atom. The number of methoxy groups -OCH3 is 1. The number of hydrogen-bond acceptors (Lipinski definition) is 3. The van der Waals surface area contributed by atoms with Crippen molar-refractivity contribution in [2.45, 2.75) is 13.0 Å². The number of alkyl halides is 2. The molecule has 1 aromatic heterocycles. The van der Waals surface area contributed by atoms with Gasteiger partial charge >= 0.3 is 5.97 Å². The Balaban J connectivity index is 2.96. The summed E-state index contributed by atoms with van der Waals surface area (Å²) in [6, 6.07) is 1.18. The molecule has 0 amide bonds. The van der Waals surface area contributed by atoms with E-state index in [9.17, 15) is 13.6 Å². The van der Waals surface area contributed by atoms with Crippen LogP contribution in [0.4, 0.5) is 8.78 Å². The van der Waals surface area contributed by atoms with Crippen LogP contribution in [0.25, 0.3) is 0 Å². The molecule has 0 N–H and O–H groups in total. The van der Waals surface area contributed by atoms with Gasteiger partial charge in [-0.3, -0.25) is 4.68 Å². The van der Waals surface area contributed by atoms with Crippen molar-refractivity contribution in [1.29, 1.82) is 0 Å². The molecule has 0 radical (unpaired) electrons. The average molecular weight is 225 g/mol. The molecule has 1 heterocycles. The maximum absolute atomic E-state index is 12.0. The second kappa shape index (κ2) is 4.36. The van der Waals surface area contributed by atoms with E-state index in [0.717, 1.165) is 11.8 Å². The zero-order chi connectivity index (χ0) is 10.7. The molecule has 4 nitrogen and oxygen atoms in total. The van der Waals surface area contributed by atoms with Crippen molar-refractivity contribution in [2.75, 3.05) is 7.11 Å². The summed E-state index contributed by atoms with van der Waals surface area (Å²) < 4.78 is 29.2. The molecule has 0 bridgehead atoms. The van der Waals surface area contributed by atoms with Crippen LogP contribution in [0.2, 0.25) is 5.15 Å². The summed E-state index contributed by atoms with van der Waals surface area (Å²) in [6.07, 6.45) is -2.60. The molecule has 0 aliphatic heterocycles. The Morgan fingerprint density at radius 2 is 2.43 bits per heavy atom. The van der Waals surface area contributed by atoms with Crippen LogP contribution in [0.1, 0.15) is 10.5 Å². The lowest BCUT2D eigenvalue weighted by atomic mass is 10.4. The van der Waals surface area contributed by atoms with E-state index < -0.39 is 18.9 Å². The fraction of sp³-hybridized carbons (Fsp3) is 0.429. The molecule has 1 rings (SSSR count). The van der Waals surface area contributed by atoms with E-state index >= 15 is 0 Å². The Morgan fingerprint density at radius 3 is 2.93 bits per heavy atom. The van der Waals surface area contributed by atoms with Crippen molar-refractivity contribution < 1.29 is 18.3 Å². The van der Waals surface area contributed by atoms with Gasteiger partial charge in [0.15, 0.2) is 5.15 Å². The third-order valence-corrected chi connectivity index (χ3v) is 1.64. The summed E-state index contributed by atoms with van der Waals surface area (Å²) in [6.45, 7) is -0.683. The van der Waals surface area contributed by atoms with Crippen LogP contribution < -0.4 is 0 Å². The SMILES string of the molecule is COC(=O)c1cc(Cl)nn1CC(F)F. The second-order valence-electron chi connectivity index (χ2n) is 2.42. The van der Waals surface area contributed by atoms with E-state index in [-0.39, 0.29) is 10.8 Å². The molecule has 0 saturated heterocycles. The van der Waals surface area contributed by atoms with E-state index in [4.69, 9.17) is 11.6 Å². The van der Waals surface area contributed by atoms with Gasteiger partial charge in [0.25, 0.3) is 6.43 Å². The van der Waals surface area contributed by atoms with Crippen LogP contribution in [0.3, 0.4) is 0 Å². The molecule has 0 aromatic carbocycles. The van der Waals surface area contributed by atoms with Crippen LogP contribution in [0.15, 0.2) is 6.07 Å². The van der Waals surface area contributed by atoms with Crippen LogP contribution in [-0.4, -0.2) is 29.3 Å². The third kappa shape index (κ3) is 2.41. The first-order valence-corrected chi connectivity index (χ1v) is 4.02. The van der Waals surface area contributed by atoms with Gasteiger partial charge in [-0.15, -0.1) is 0 Å². The quantitative estimate of drug-likeness (QED) is 0.733. The molecule has 78 valence electrons. The summed E-state index contributed by atoms with van der Waals surface area (Å²) in [7, 11) is 1.15. The molecular formula is C7H7ClF2N2O2. The molecule has 0 aliphatic rings. The first-order valence-electron chi connectivity index (χ1n) is 3.64. The summed E-state index contributed by atoms with van der Waals surface area (Å²) in [5.41, 5.74) is -0.0854. The van der Waals surface area contributed by atoms with E-state index in [1.54, 1.807) is 0 Å². The van der Waals surface area contributed by atoms with Crippen molar-refractivity contribution in [3.8, 4) is 0 Å². The van der Waals surface area contributed by atoms with Crippen molar-refractivity contribution in [3.63, 3.8) is 0 Å². The number of carbonyl (C=O) groups is 1. The number of nitrogens with zero attached hydrogens (tertiary/aromatic N) is 2. The van der Waals surface area contributed by atoms with Gasteiger partial charge in [-0.25, -0.2) is 13.6 Å². The minimum Gasteiger partial charge on any atom is -0.464 e. The van der Waals surface area contributed by atoms with Gasteiger partial charge in [0.1, 0.15) is 12.2 Å². The number of hydrogen-bond donors (Lipinski definition) is 0. The minimum atomic E-state index is -2.60. The Kier molecular flexibility index (Phi) is 3.40. The van der Waals surface area contributed by atoms with Crippen molar-refractivity contribution in [3.05, 3.63) is 16.9 Å². The zero-order valence-corrected chi connectivity index (χ0v) is 7.96. The maximum atomic E-state index is 12.0. The minimum absolute atomic E-state index is 0.0222. The summed E-state index contributed by atoms with van der Waals surface area (Å²) in [5, 5.41) is 3.50. The predicted molar refractivity (Wildman–Crippen MR) is 44.6 cm³/mol. The molecule has 1 aromatic rings. The molecule has 14 heavy (non-hydrogen) atoms. The lowest BCUT2D eigenvalue weighted by molar-refractivity contribution is 0.0576. The second-order valence-corrected chi connectivity index (χ2v) is 2.80. The lowest BCUT2D eigenvalue weighted by Crippen LogP contribution is -2.15. The van der Waals surface area contributed by atoms with Crippen molar-refractivity contribution in [2.24, 2.45) is 0 Å². The highest BCUT2D eigenvalue weighted by atomic mass is 35.5. The number of halogens is 3. The predicted octanol–water partition coefficient (Wildman–Crippen LogP) is 1.59. The standard InChI is InChI=1S/C7H7ClF2N2O2/c1-14-7(13)4-2-5(8)11-12(4)3-6(9)10/h2,6H,3H2,1H3. The third-order valence-electron chi connectivity index (χ3n) is 1.46. The largest absolute Gasteiger partial charge is 0.464 e. The molecule has 0 fully saturated rings. The van der Waals surface area contributed by atoms with E-state index in [1.807, 2.05) is 0 Å². The molecule has 7 heteroatoms. The fourth-order valence-corrected chi connectivity index (χ4v) is 1.12. The van der Waals surface area contributed by atoms with E-state index in [0.29, 0.717) is 0 Å². The van der Waals surface area contributed by atoms with Crippen LogP contribution in [0, 0.1) is 0 Å². The Hall–Kier alpha value is -1.17. The highest BCUT2D eigenvalue weighted by Crippen LogP contribution is 2.12. The van der Waals surface area contributed by atoms with Gasteiger partial charge in [0.05, 0.1) is 7.11 Å². The smallest absolute Gasteiger partial charge is 0.356 e. The highest BCUT2D eigenvalue weighted by Gasteiger charge is 2.17. The van der Waals surface area contributed by atoms with E-state index in [1.165, 1.54) is 6.07 Å². The molecule has 0 atom stereocenters. The van der Waals surface area contributed by atoms with Crippen LogP contribution in [0.5, 0.6) is 0 Å². The molecule has 0 unspecified atom stereocenters. The number of carbonyl (C=O) groups excluding carboxylic acids is 1.